The molecule has 0 aliphatic heterocycles. The van der Waals surface area contributed by atoms with Gasteiger partial charge in [-0.2, -0.15) is 13.2 Å². The van der Waals surface area contributed by atoms with Crippen LogP contribution in [-0.4, -0.2) is 4.98 Å². The van der Waals surface area contributed by atoms with Crippen molar-refractivity contribution in [1.29, 1.82) is 0 Å². The number of thiazole rings is 1. The van der Waals surface area contributed by atoms with E-state index in [1.165, 1.54) is 23.5 Å². The van der Waals surface area contributed by atoms with E-state index in [1.54, 1.807) is 13.0 Å². The second-order valence-corrected chi connectivity index (χ2v) is 8.43. The summed E-state index contributed by atoms with van der Waals surface area (Å²) in [6.45, 7) is 1.75. The Labute approximate surface area is 166 Å². The van der Waals surface area contributed by atoms with E-state index in [9.17, 15) is 22.0 Å². The molecule has 1 aromatic heterocycles. The lowest BCUT2D eigenvalue weighted by atomic mass is 9.96. The van der Waals surface area contributed by atoms with Crippen LogP contribution in [0.1, 0.15) is 33.9 Å². The number of halogens is 6. The van der Waals surface area contributed by atoms with Crippen LogP contribution < -0.4 is 0 Å². The third-order valence-corrected chi connectivity index (χ3v) is 6.44. The monoisotopic (exact) mass is 429 g/mol. The van der Waals surface area contributed by atoms with Crippen molar-refractivity contribution < 1.29 is 22.0 Å². The molecule has 146 valence electrons. The van der Waals surface area contributed by atoms with Crippen LogP contribution in [0.25, 0.3) is 11.3 Å². The zero-order chi connectivity index (χ0) is 20.3. The molecule has 2 aromatic carbocycles. The first-order valence-electron chi connectivity index (χ1n) is 8.42. The van der Waals surface area contributed by atoms with Crippen LogP contribution in [0.4, 0.5) is 22.0 Å². The van der Waals surface area contributed by atoms with Crippen LogP contribution in [0.15, 0.2) is 36.4 Å². The molecule has 1 saturated carbocycles. The Kier molecular flexibility index (Phi) is 4.50. The predicted octanol–water partition coefficient (Wildman–Crippen LogP) is 7.15. The SMILES string of the molecule is Cc1sc(C2(c3ccc(F)cc3Cl)CC2)nc1-c1ccc(C(F)(F)F)cc1F. The van der Waals surface area contributed by atoms with E-state index in [4.69, 9.17) is 11.6 Å². The number of hydrogen-bond acceptors (Lipinski definition) is 2. The summed E-state index contributed by atoms with van der Waals surface area (Å²) in [5.41, 5.74) is -0.409. The Morgan fingerprint density at radius 3 is 2.36 bits per heavy atom. The van der Waals surface area contributed by atoms with Gasteiger partial charge in [0.2, 0.25) is 0 Å². The molecule has 28 heavy (non-hydrogen) atoms. The molecule has 8 heteroatoms. The van der Waals surface area contributed by atoms with Crippen molar-refractivity contribution in [2.45, 2.75) is 31.4 Å². The second-order valence-electron chi connectivity index (χ2n) is 6.82. The van der Waals surface area contributed by atoms with Gasteiger partial charge < -0.3 is 0 Å². The van der Waals surface area contributed by atoms with E-state index >= 15 is 0 Å². The smallest absolute Gasteiger partial charge is 0.240 e. The molecule has 0 spiro atoms. The highest BCUT2D eigenvalue weighted by Gasteiger charge is 2.50. The van der Waals surface area contributed by atoms with Gasteiger partial charge in [0, 0.05) is 20.9 Å². The minimum Gasteiger partial charge on any atom is -0.240 e. The number of alkyl halides is 3. The van der Waals surface area contributed by atoms with Crippen molar-refractivity contribution in [2.24, 2.45) is 0 Å². The van der Waals surface area contributed by atoms with Gasteiger partial charge in [-0.3, -0.25) is 0 Å². The van der Waals surface area contributed by atoms with E-state index in [-0.39, 0.29) is 5.56 Å². The Morgan fingerprint density at radius 1 is 1.07 bits per heavy atom. The van der Waals surface area contributed by atoms with E-state index in [1.807, 2.05) is 0 Å². The molecule has 4 rings (SSSR count). The van der Waals surface area contributed by atoms with Gasteiger partial charge in [0.15, 0.2) is 0 Å². The normalized spacial score (nSPS) is 15.7. The van der Waals surface area contributed by atoms with Crippen molar-refractivity contribution in [3.8, 4) is 11.3 Å². The lowest BCUT2D eigenvalue weighted by Crippen LogP contribution is -2.09. The Morgan fingerprint density at radius 2 is 1.79 bits per heavy atom. The molecular weight excluding hydrogens is 417 g/mol. The summed E-state index contributed by atoms with van der Waals surface area (Å²) in [4.78, 5) is 5.24. The van der Waals surface area contributed by atoms with Crippen LogP contribution in [-0.2, 0) is 11.6 Å². The van der Waals surface area contributed by atoms with Gasteiger partial charge >= 0.3 is 6.18 Å². The molecule has 1 heterocycles. The maximum absolute atomic E-state index is 14.4. The number of aromatic nitrogens is 1. The van der Waals surface area contributed by atoms with Gasteiger partial charge in [-0.15, -0.1) is 11.3 Å². The molecule has 0 unspecified atom stereocenters. The average molecular weight is 430 g/mol. The highest BCUT2D eigenvalue weighted by Crippen LogP contribution is 2.57. The molecule has 1 fully saturated rings. The van der Waals surface area contributed by atoms with Crippen LogP contribution in [0.5, 0.6) is 0 Å². The molecule has 0 amide bonds. The van der Waals surface area contributed by atoms with Crippen LogP contribution in [0.3, 0.4) is 0 Å². The fourth-order valence-corrected chi connectivity index (χ4v) is 4.87. The summed E-state index contributed by atoms with van der Waals surface area (Å²) >= 11 is 7.58. The maximum Gasteiger partial charge on any atom is 0.416 e. The van der Waals surface area contributed by atoms with Gasteiger partial charge in [-0.05, 0) is 55.7 Å². The molecule has 0 N–H and O–H groups in total. The zero-order valence-corrected chi connectivity index (χ0v) is 16.1. The van der Waals surface area contributed by atoms with Gasteiger partial charge in [-0.25, -0.2) is 13.8 Å². The fourth-order valence-electron chi connectivity index (χ4n) is 3.34. The quantitative estimate of drug-likeness (QED) is 0.403. The number of nitrogens with zero attached hydrogens (tertiary/aromatic N) is 1. The average Bonchev–Trinajstić information content (AvgIpc) is 3.31. The summed E-state index contributed by atoms with van der Waals surface area (Å²) in [5, 5.41) is 1.00. The Balaban J connectivity index is 1.76. The summed E-state index contributed by atoms with van der Waals surface area (Å²) in [6.07, 6.45) is -3.08. The molecular formula is C20H13ClF5NS. The highest BCUT2D eigenvalue weighted by atomic mass is 35.5. The lowest BCUT2D eigenvalue weighted by Gasteiger charge is -2.14. The summed E-state index contributed by atoms with van der Waals surface area (Å²) < 4.78 is 66.1. The summed E-state index contributed by atoms with van der Waals surface area (Å²) in [5.74, 6) is -1.41. The molecule has 0 atom stereocenters. The minimum absolute atomic E-state index is 0.0222. The van der Waals surface area contributed by atoms with E-state index < -0.39 is 28.8 Å². The predicted molar refractivity (Wildman–Crippen MR) is 98.7 cm³/mol. The van der Waals surface area contributed by atoms with Crippen molar-refractivity contribution in [1.82, 2.24) is 4.98 Å². The van der Waals surface area contributed by atoms with Gasteiger partial charge in [-0.1, -0.05) is 17.7 Å². The minimum atomic E-state index is -4.61. The number of aryl methyl sites for hydroxylation is 1. The lowest BCUT2D eigenvalue weighted by molar-refractivity contribution is -0.137. The molecule has 1 aliphatic rings. The zero-order valence-electron chi connectivity index (χ0n) is 14.5. The Bertz CT molecular complexity index is 1070. The maximum atomic E-state index is 14.4. The third-order valence-electron chi connectivity index (χ3n) is 4.95. The first-order valence-corrected chi connectivity index (χ1v) is 9.62. The molecule has 0 radical (unpaired) electrons. The summed E-state index contributed by atoms with van der Waals surface area (Å²) in [6, 6.07) is 6.64. The van der Waals surface area contributed by atoms with E-state index in [0.717, 1.165) is 30.5 Å². The van der Waals surface area contributed by atoms with E-state index in [0.29, 0.717) is 26.7 Å². The molecule has 1 aliphatic carbocycles. The van der Waals surface area contributed by atoms with Crippen LogP contribution >= 0.6 is 22.9 Å². The number of benzene rings is 2. The molecule has 0 bridgehead atoms. The third kappa shape index (κ3) is 3.20. The largest absolute Gasteiger partial charge is 0.416 e. The van der Waals surface area contributed by atoms with E-state index in [2.05, 4.69) is 4.98 Å². The summed E-state index contributed by atoms with van der Waals surface area (Å²) in [7, 11) is 0. The van der Waals surface area contributed by atoms with Crippen LogP contribution in [0.2, 0.25) is 5.02 Å². The first-order chi connectivity index (χ1) is 13.1. The first kappa shape index (κ1) is 19.3. The molecule has 1 nitrogen and oxygen atoms in total. The fraction of sp³-hybridized carbons (Fsp3) is 0.250. The number of rotatable bonds is 3. The van der Waals surface area contributed by atoms with Crippen molar-refractivity contribution in [3.63, 3.8) is 0 Å². The van der Waals surface area contributed by atoms with Gasteiger partial charge in [0.1, 0.15) is 16.6 Å². The molecule has 3 aromatic rings. The number of hydrogen-bond donors (Lipinski definition) is 0. The topological polar surface area (TPSA) is 12.9 Å². The Hall–Kier alpha value is -1.99. The molecule has 0 saturated heterocycles. The van der Waals surface area contributed by atoms with Crippen LogP contribution in [0, 0.1) is 18.6 Å². The van der Waals surface area contributed by atoms with Gasteiger partial charge in [0.25, 0.3) is 0 Å². The standard InChI is InChI=1S/C20H13ClF5NS/c1-10-17(13-4-2-11(8-16(13)23)20(24,25)26)27-18(28-10)19(6-7-19)14-5-3-12(22)9-15(14)21/h2-5,8-9H,6-7H2,1H3. The second kappa shape index (κ2) is 6.52. The highest BCUT2D eigenvalue weighted by molar-refractivity contribution is 7.12. The van der Waals surface area contributed by atoms with Crippen molar-refractivity contribution in [2.75, 3.05) is 0 Å². The van der Waals surface area contributed by atoms with Gasteiger partial charge in [0.05, 0.1) is 11.3 Å². The van der Waals surface area contributed by atoms with Crippen molar-refractivity contribution >= 4 is 22.9 Å². The van der Waals surface area contributed by atoms with Crippen molar-refractivity contribution in [3.05, 3.63) is 74.1 Å².